The largest absolute Gasteiger partial charge is 0.389 e. The molecule has 1 atom stereocenters. The van der Waals surface area contributed by atoms with Gasteiger partial charge >= 0.3 is 0 Å². The summed E-state index contributed by atoms with van der Waals surface area (Å²) in [5, 5.41) is 19.4. The van der Waals surface area contributed by atoms with E-state index in [0.29, 0.717) is 25.6 Å². The molecule has 0 unspecified atom stereocenters. The summed E-state index contributed by atoms with van der Waals surface area (Å²) in [7, 11) is 0. The summed E-state index contributed by atoms with van der Waals surface area (Å²) in [5.41, 5.74) is 1.75. The maximum Gasteiger partial charge on any atom is 0.135 e. The summed E-state index contributed by atoms with van der Waals surface area (Å²) in [4.78, 5) is 4.35. The quantitative estimate of drug-likeness (QED) is 0.721. The normalized spacial score (nSPS) is 12.9. The van der Waals surface area contributed by atoms with Crippen molar-refractivity contribution >= 4 is 11.0 Å². The van der Waals surface area contributed by atoms with Gasteiger partial charge in [-0.15, -0.1) is 0 Å². The third-order valence-electron chi connectivity index (χ3n) is 3.22. The molecule has 1 aromatic heterocycles. The molecular formula is C15H22N2O3. The Kier molecular flexibility index (Phi) is 5.52. The van der Waals surface area contributed by atoms with Crippen molar-refractivity contribution in [2.75, 3.05) is 13.2 Å². The van der Waals surface area contributed by atoms with Crippen molar-refractivity contribution < 1.29 is 14.9 Å². The van der Waals surface area contributed by atoms with E-state index in [9.17, 15) is 10.2 Å². The lowest BCUT2D eigenvalue weighted by Gasteiger charge is -2.14. The summed E-state index contributed by atoms with van der Waals surface area (Å²) in [6.45, 7) is 3.31. The minimum absolute atomic E-state index is 0.141. The van der Waals surface area contributed by atoms with Crippen molar-refractivity contribution in [1.29, 1.82) is 0 Å². The van der Waals surface area contributed by atoms with Crippen LogP contribution in [0.5, 0.6) is 0 Å². The van der Waals surface area contributed by atoms with Gasteiger partial charge in [0.2, 0.25) is 0 Å². The molecule has 0 saturated heterocycles. The average Bonchev–Trinajstić information content (AvgIpc) is 2.82. The second-order valence-electron chi connectivity index (χ2n) is 4.87. The third-order valence-corrected chi connectivity index (χ3v) is 3.22. The lowest BCUT2D eigenvalue weighted by atomic mass is 10.3. The third kappa shape index (κ3) is 3.56. The lowest BCUT2D eigenvalue weighted by molar-refractivity contribution is 0.0268. The highest BCUT2D eigenvalue weighted by Crippen LogP contribution is 2.16. The van der Waals surface area contributed by atoms with E-state index < -0.39 is 6.10 Å². The van der Waals surface area contributed by atoms with Gasteiger partial charge in [0.1, 0.15) is 12.4 Å². The first-order valence-electron chi connectivity index (χ1n) is 7.07. The topological polar surface area (TPSA) is 67.5 Å². The maximum atomic E-state index is 10.0. The van der Waals surface area contributed by atoms with Crippen LogP contribution in [0.4, 0.5) is 0 Å². The van der Waals surface area contributed by atoms with Crippen LogP contribution in [0, 0.1) is 0 Å². The summed E-state index contributed by atoms with van der Waals surface area (Å²) in [6.07, 6.45) is 1.48. The standard InChI is InChI=1S/C15H22N2O3/c1-2-3-8-20-11-12(19)9-17-14-7-5-4-6-13(14)16-15(17)10-18/h4-7,12,18-19H,2-3,8-11H2,1H3/t12-/m1/s1. The van der Waals surface area contributed by atoms with E-state index in [4.69, 9.17) is 4.74 Å². The highest BCUT2D eigenvalue weighted by atomic mass is 16.5. The Morgan fingerprint density at radius 1 is 1.35 bits per heavy atom. The van der Waals surface area contributed by atoms with E-state index >= 15 is 0 Å². The van der Waals surface area contributed by atoms with Crippen LogP contribution in [0.25, 0.3) is 11.0 Å². The first kappa shape index (κ1) is 15.0. The summed E-state index contributed by atoms with van der Waals surface area (Å²) in [6, 6.07) is 7.66. The molecule has 5 nitrogen and oxygen atoms in total. The second-order valence-corrected chi connectivity index (χ2v) is 4.87. The molecule has 0 spiro atoms. The Balaban J connectivity index is 2.04. The molecule has 0 aliphatic carbocycles. The highest BCUT2D eigenvalue weighted by Gasteiger charge is 2.13. The molecule has 110 valence electrons. The van der Waals surface area contributed by atoms with Crippen molar-refractivity contribution in [3.63, 3.8) is 0 Å². The van der Waals surface area contributed by atoms with Gasteiger partial charge in [-0.1, -0.05) is 25.5 Å². The van der Waals surface area contributed by atoms with Gasteiger partial charge in [-0.25, -0.2) is 4.98 Å². The number of ether oxygens (including phenoxy) is 1. The van der Waals surface area contributed by atoms with E-state index in [-0.39, 0.29) is 6.61 Å². The zero-order valence-electron chi connectivity index (χ0n) is 11.8. The number of aliphatic hydroxyl groups is 2. The van der Waals surface area contributed by atoms with Crippen molar-refractivity contribution in [1.82, 2.24) is 9.55 Å². The van der Waals surface area contributed by atoms with Crippen LogP contribution >= 0.6 is 0 Å². The van der Waals surface area contributed by atoms with Crippen LogP contribution in [0.2, 0.25) is 0 Å². The second kappa shape index (κ2) is 7.38. The van der Waals surface area contributed by atoms with Gasteiger partial charge < -0.3 is 19.5 Å². The number of hydrogen-bond acceptors (Lipinski definition) is 4. The number of aromatic nitrogens is 2. The van der Waals surface area contributed by atoms with Crippen LogP contribution in [0.15, 0.2) is 24.3 Å². The molecule has 5 heteroatoms. The molecule has 0 radical (unpaired) electrons. The fourth-order valence-electron chi connectivity index (χ4n) is 2.18. The molecular weight excluding hydrogens is 256 g/mol. The van der Waals surface area contributed by atoms with Gasteiger partial charge in [0.25, 0.3) is 0 Å². The minimum Gasteiger partial charge on any atom is -0.389 e. The molecule has 2 N–H and O–H groups in total. The van der Waals surface area contributed by atoms with E-state index in [1.54, 1.807) is 0 Å². The maximum absolute atomic E-state index is 10.0. The first-order valence-corrected chi connectivity index (χ1v) is 7.07. The van der Waals surface area contributed by atoms with Gasteiger partial charge in [-0.05, 0) is 18.6 Å². The van der Waals surface area contributed by atoms with E-state index in [0.717, 1.165) is 23.9 Å². The molecule has 0 aliphatic rings. The van der Waals surface area contributed by atoms with Crippen molar-refractivity contribution in [2.24, 2.45) is 0 Å². The molecule has 0 bridgehead atoms. The van der Waals surface area contributed by atoms with Crippen molar-refractivity contribution in [2.45, 2.75) is 39.0 Å². The number of fused-ring (bicyclic) bond motifs is 1. The first-order chi connectivity index (χ1) is 9.76. The average molecular weight is 278 g/mol. The Hall–Kier alpha value is -1.43. The van der Waals surface area contributed by atoms with Gasteiger partial charge in [-0.2, -0.15) is 0 Å². The number of unbranched alkanes of at least 4 members (excludes halogenated alkanes) is 1. The van der Waals surface area contributed by atoms with Crippen LogP contribution < -0.4 is 0 Å². The Morgan fingerprint density at radius 2 is 2.15 bits per heavy atom. The number of benzene rings is 1. The number of rotatable bonds is 8. The number of imidazole rings is 1. The number of nitrogens with zero attached hydrogens (tertiary/aromatic N) is 2. The molecule has 2 rings (SSSR count). The van der Waals surface area contributed by atoms with Gasteiger partial charge in [0, 0.05) is 6.61 Å². The Bertz CT molecular complexity index is 539. The Morgan fingerprint density at radius 3 is 2.90 bits per heavy atom. The summed E-state index contributed by atoms with van der Waals surface area (Å²) in [5.74, 6) is 0.568. The molecule has 1 aromatic carbocycles. The van der Waals surface area contributed by atoms with E-state index in [1.807, 2.05) is 28.8 Å². The van der Waals surface area contributed by atoms with Crippen molar-refractivity contribution in [3.8, 4) is 0 Å². The van der Waals surface area contributed by atoms with Crippen LogP contribution in [0.1, 0.15) is 25.6 Å². The Labute approximate surface area is 118 Å². The predicted octanol–water partition coefficient (Wildman–Crippen LogP) is 1.71. The SMILES string of the molecule is CCCCOC[C@H](O)Cn1c(CO)nc2ccccc21. The number of hydrogen-bond donors (Lipinski definition) is 2. The van der Waals surface area contributed by atoms with Crippen LogP contribution in [0.3, 0.4) is 0 Å². The molecule has 0 fully saturated rings. The van der Waals surface area contributed by atoms with Gasteiger partial charge in [0.15, 0.2) is 0 Å². The van der Waals surface area contributed by atoms with E-state index in [2.05, 4.69) is 11.9 Å². The fraction of sp³-hybridized carbons (Fsp3) is 0.533. The van der Waals surface area contributed by atoms with E-state index in [1.165, 1.54) is 0 Å². The number of aliphatic hydroxyl groups excluding tert-OH is 2. The summed E-state index contributed by atoms with van der Waals surface area (Å²) < 4.78 is 7.27. The van der Waals surface area contributed by atoms with Crippen molar-refractivity contribution in [3.05, 3.63) is 30.1 Å². The monoisotopic (exact) mass is 278 g/mol. The zero-order chi connectivity index (χ0) is 14.4. The highest BCUT2D eigenvalue weighted by molar-refractivity contribution is 5.75. The molecule has 20 heavy (non-hydrogen) atoms. The molecule has 0 saturated carbocycles. The minimum atomic E-state index is -0.602. The van der Waals surface area contributed by atoms with Gasteiger partial charge in [-0.3, -0.25) is 0 Å². The molecule has 0 amide bonds. The number of para-hydroxylation sites is 2. The lowest BCUT2D eigenvalue weighted by Crippen LogP contribution is -2.23. The fourth-order valence-corrected chi connectivity index (χ4v) is 2.18. The molecule has 2 aromatic rings. The predicted molar refractivity (Wildman–Crippen MR) is 77.4 cm³/mol. The summed E-state index contributed by atoms with van der Waals surface area (Å²) >= 11 is 0. The molecule has 1 heterocycles. The van der Waals surface area contributed by atoms with Gasteiger partial charge in [0.05, 0.1) is 30.3 Å². The van der Waals surface area contributed by atoms with Crippen LogP contribution in [-0.4, -0.2) is 39.1 Å². The smallest absolute Gasteiger partial charge is 0.135 e. The van der Waals surface area contributed by atoms with Crippen LogP contribution in [-0.2, 0) is 17.9 Å². The zero-order valence-corrected chi connectivity index (χ0v) is 11.8. The molecule has 0 aliphatic heterocycles.